The molecule has 1 unspecified atom stereocenters. The third-order valence-electron chi connectivity index (χ3n) is 4.85. The topological polar surface area (TPSA) is 65.0 Å². The van der Waals surface area contributed by atoms with Crippen molar-refractivity contribution in [2.75, 3.05) is 26.0 Å². The highest BCUT2D eigenvalue weighted by molar-refractivity contribution is 7.88. The van der Waals surface area contributed by atoms with Crippen molar-refractivity contribution in [1.29, 1.82) is 0 Å². The fraction of sp³-hybridized carbons (Fsp3) is 0.500. The lowest BCUT2D eigenvalue weighted by atomic mass is 10.1. The number of hydrogen-bond donors (Lipinski definition) is 1. The Morgan fingerprint density at radius 2 is 1.88 bits per heavy atom. The van der Waals surface area contributed by atoms with Gasteiger partial charge in [-0.1, -0.05) is 30.3 Å². The quantitative estimate of drug-likeness (QED) is 0.889. The van der Waals surface area contributed by atoms with Crippen molar-refractivity contribution in [3.63, 3.8) is 0 Å². The average Bonchev–Trinajstić information content (AvgIpc) is 2.62. The van der Waals surface area contributed by atoms with Gasteiger partial charge in [0.05, 0.1) is 6.26 Å². The van der Waals surface area contributed by atoms with E-state index < -0.39 is 10.0 Å². The van der Waals surface area contributed by atoms with Crippen molar-refractivity contribution in [3.05, 3.63) is 48.2 Å². The molecule has 2 heterocycles. The zero-order valence-electron chi connectivity index (χ0n) is 14.8. The average molecular weight is 362 g/mol. The Bertz CT molecular complexity index is 738. The van der Waals surface area contributed by atoms with Crippen LogP contribution in [-0.2, 0) is 10.0 Å². The highest BCUT2D eigenvalue weighted by atomic mass is 32.2. The van der Waals surface area contributed by atoms with Crippen molar-refractivity contribution >= 4 is 15.9 Å². The molecule has 136 valence electrons. The van der Waals surface area contributed by atoms with Crippen LogP contribution in [0.3, 0.4) is 0 Å². The van der Waals surface area contributed by atoms with Gasteiger partial charge >= 0.3 is 0 Å². The fourth-order valence-corrected chi connectivity index (χ4v) is 4.18. The molecule has 25 heavy (non-hydrogen) atoms. The maximum atomic E-state index is 11.6. The molecule has 0 amide bonds. The Morgan fingerprint density at radius 1 is 1.20 bits per heavy atom. The summed E-state index contributed by atoms with van der Waals surface area (Å²) < 4.78 is 24.8. The zero-order chi connectivity index (χ0) is 17.9. The van der Waals surface area contributed by atoms with Crippen molar-refractivity contribution in [1.82, 2.24) is 14.5 Å². The summed E-state index contributed by atoms with van der Waals surface area (Å²) in [7, 11) is -3.07. The lowest BCUT2D eigenvalue weighted by Gasteiger charge is -2.37. The van der Waals surface area contributed by atoms with E-state index in [2.05, 4.69) is 40.5 Å². The molecule has 7 heteroatoms. The molecule has 1 aromatic rings. The van der Waals surface area contributed by atoms with E-state index in [0.29, 0.717) is 25.8 Å². The Labute approximate surface area is 150 Å². The van der Waals surface area contributed by atoms with Crippen LogP contribution in [0.4, 0.5) is 0 Å². The van der Waals surface area contributed by atoms with E-state index in [-0.39, 0.29) is 6.04 Å². The van der Waals surface area contributed by atoms with E-state index in [4.69, 9.17) is 0 Å². The molecule has 1 saturated heterocycles. The van der Waals surface area contributed by atoms with E-state index in [1.807, 2.05) is 24.3 Å². The van der Waals surface area contributed by atoms with Gasteiger partial charge in [-0.2, -0.15) is 0 Å². The summed E-state index contributed by atoms with van der Waals surface area (Å²) in [4.78, 5) is 6.84. The van der Waals surface area contributed by atoms with E-state index in [1.165, 1.54) is 11.8 Å². The fourth-order valence-electron chi connectivity index (χ4n) is 3.31. The van der Waals surface area contributed by atoms with Crippen LogP contribution in [0.5, 0.6) is 0 Å². The molecule has 6 nitrogen and oxygen atoms in total. The highest BCUT2D eigenvalue weighted by Crippen LogP contribution is 2.20. The van der Waals surface area contributed by atoms with Crippen LogP contribution >= 0.6 is 0 Å². The number of nitrogens with one attached hydrogen (secondary N) is 1. The molecule has 0 aliphatic carbocycles. The predicted molar refractivity (Wildman–Crippen MR) is 101 cm³/mol. The molecule has 1 fully saturated rings. The Balaban J connectivity index is 1.51. The molecule has 1 atom stereocenters. The van der Waals surface area contributed by atoms with E-state index in [9.17, 15) is 8.42 Å². The van der Waals surface area contributed by atoms with Gasteiger partial charge in [-0.15, -0.1) is 0 Å². The summed E-state index contributed by atoms with van der Waals surface area (Å²) in [6.45, 7) is 3.92. The van der Waals surface area contributed by atoms with Crippen LogP contribution in [0.15, 0.2) is 47.6 Å². The lowest BCUT2D eigenvalue weighted by Crippen LogP contribution is -2.45. The summed E-state index contributed by atoms with van der Waals surface area (Å²) in [6, 6.07) is 10.9. The minimum atomic E-state index is -3.07. The van der Waals surface area contributed by atoms with Gasteiger partial charge < -0.3 is 10.2 Å². The second-order valence-corrected chi connectivity index (χ2v) is 8.67. The summed E-state index contributed by atoms with van der Waals surface area (Å²) in [5.41, 5.74) is 1.23. The van der Waals surface area contributed by atoms with Crippen LogP contribution in [0.25, 0.3) is 0 Å². The van der Waals surface area contributed by atoms with Crippen molar-refractivity contribution in [3.8, 4) is 0 Å². The molecule has 0 spiro atoms. The summed E-state index contributed by atoms with van der Waals surface area (Å²) >= 11 is 0. The minimum Gasteiger partial charge on any atom is -0.364 e. The van der Waals surface area contributed by atoms with Crippen LogP contribution in [0, 0.1) is 0 Å². The van der Waals surface area contributed by atoms with Crippen LogP contribution < -0.4 is 5.32 Å². The highest BCUT2D eigenvalue weighted by Gasteiger charge is 2.27. The monoisotopic (exact) mass is 362 g/mol. The lowest BCUT2D eigenvalue weighted by molar-refractivity contribution is 0.191. The Hall–Kier alpha value is -1.86. The van der Waals surface area contributed by atoms with E-state index in [1.54, 1.807) is 4.31 Å². The second kappa shape index (κ2) is 7.58. The van der Waals surface area contributed by atoms with Crippen molar-refractivity contribution < 1.29 is 8.42 Å². The Morgan fingerprint density at radius 3 is 2.44 bits per heavy atom. The van der Waals surface area contributed by atoms with Crippen molar-refractivity contribution in [2.45, 2.75) is 31.8 Å². The number of aliphatic imine (C=N–C) groups is 1. The SMILES string of the molecule is CC(NC1=NCN(C2CCN(S(C)(=O)=O)CC2)C=C1)c1ccccc1. The zero-order valence-corrected chi connectivity index (χ0v) is 15.6. The van der Waals surface area contributed by atoms with E-state index in [0.717, 1.165) is 18.7 Å². The normalized spacial score (nSPS) is 21.0. The molecule has 0 aromatic heterocycles. The number of sulfonamides is 1. The first-order chi connectivity index (χ1) is 11.9. The maximum Gasteiger partial charge on any atom is 0.211 e. The molecule has 3 rings (SSSR count). The van der Waals surface area contributed by atoms with Gasteiger partial charge in [0.25, 0.3) is 0 Å². The van der Waals surface area contributed by atoms with Crippen LogP contribution in [0.2, 0.25) is 0 Å². The molecular formula is C18H26N4O2S. The molecule has 2 aliphatic rings. The first kappa shape index (κ1) is 17.9. The third kappa shape index (κ3) is 4.61. The van der Waals surface area contributed by atoms with Gasteiger partial charge in [0.15, 0.2) is 0 Å². The summed E-state index contributed by atoms with van der Waals surface area (Å²) in [5.74, 6) is 0.890. The molecular weight excluding hydrogens is 336 g/mol. The first-order valence-electron chi connectivity index (χ1n) is 8.68. The van der Waals surface area contributed by atoms with Gasteiger partial charge in [0.2, 0.25) is 10.0 Å². The predicted octanol–water partition coefficient (Wildman–Crippen LogP) is 1.95. The standard InChI is InChI=1S/C18H26N4O2S/c1-15(16-6-4-3-5-7-16)20-18-10-11-21(14-19-18)17-8-12-22(13-9-17)25(2,23)24/h3-7,10-11,15,17H,8-9,12-14H2,1-2H3,(H,19,20). The van der Waals surface area contributed by atoms with Gasteiger partial charge in [0.1, 0.15) is 12.5 Å². The smallest absolute Gasteiger partial charge is 0.211 e. The van der Waals surface area contributed by atoms with Gasteiger partial charge in [0, 0.05) is 31.4 Å². The second-order valence-electron chi connectivity index (χ2n) is 6.68. The maximum absolute atomic E-state index is 11.6. The van der Waals surface area contributed by atoms with Gasteiger partial charge in [-0.3, -0.25) is 0 Å². The molecule has 0 saturated carbocycles. The largest absolute Gasteiger partial charge is 0.364 e. The van der Waals surface area contributed by atoms with Gasteiger partial charge in [-0.05, 0) is 31.4 Å². The van der Waals surface area contributed by atoms with Crippen LogP contribution in [0.1, 0.15) is 31.4 Å². The molecule has 1 N–H and O–H groups in total. The number of amidine groups is 1. The number of rotatable bonds is 4. The number of benzene rings is 1. The van der Waals surface area contributed by atoms with E-state index >= 15 is 0 Å². The number of hydrogen-bond acceptors (Lipinski definition) is 5. The third-order valence-corrected chi connectivity index (χ3v) is 6.16. The Kier molecular flexibility index (Phi) is 5.44. The van der Waals surface area contributed by atoms with Gasteiger partial charge in [-0.25, -0.2) is 17.7 Å². The minimum absolute atomic E-state index is 0.203. The number of nitrogens with zero attached hydrogens (tertiary/aromatic N) is 3. The molecule has 2 aliphatic heterocycles. The molecule has 0 bridgehead atoms. The van der Waals surface area contributed by atoms with Crippen LogP contribution in [-0.4, -0.2) is 55.5 Å². The molecule has 1 aromatic carbocycles. The number of piperidine rings is 1. The summed E-state index contributed by atoms with van der Waals surface area (Å²) in [6.07, 6.45) is 7.05. The summed E-state index contributed by atoms with van der Waals surface area (Å²) in [5, 5.41) is 3.43. The molecule has 0 radical (unpaired) electrons. The first-order valence-corrected chi connectivity index (χ1v) is 10.5. The van der Waals surface area contributed by atoms with Crippen molar-refractivity contribution in [2.24, 2.45) is 4.99 Å².